The number of rotatable bonds is 4. The lowest BCUT2D eigenvalue weighted by Crippen LogP contribution is -2.34. The van der Waals surface area contributed by atoms with E-state index in [4.69, 9.17) is 16.3 Å². The Morgan fingerprint density at radius 3 is 2.81 bits per heavy atom. The zero-order chi connectivity index (χ0) is 22.4. The first-order valence-corrected chi connectivity index (χ1v) is 11.2. The van der Waals surface area contributed by atoms with Crippen LogP contribution in [0.1, 0.15) is 27.9 Å². The summed E-state index contributed by atoms with van der Waals surface area (Å²) in [4.78, 5) is 26.3. The SMILES string of the molecule is Cc1nn(Cc2ccc(Cl)cc2)c2sc(C(=O)Nc3ccc4c(c3)NC(=O)[C@H](C)O4)cc12. The second-order valence-electron chi connectivity index (χ2n) is 7.61. The number of carbonyl (C=O) groups is 2. The van der Waals surface area contributed by atoms with E-state index in [1.807, 2.05) is 41.9 Å². The van der Waals surface area contributed by atoms with Crippen LogP contribution >= 0.6 is 22.9 Å². The molecule has 9 heteroatoms. The predicted octanol–water partition coefficient (Wildman–Crippen LogP) is 5.08. The number of halogens is 1. The van der Waals surface area contributed by atoms with E-state index in [-0.39, 0.29) is 11.8 Å². The van der Waals surface area contributed by atoms with E-state index in [9.17, 15) is 9.59 Å². The predicted molar refractivity (Wildman–Crippen MR) is 126 cm³/mol. The average Bonchev–Trinajstić information content (AvgIpc) is 3.32. The molecule has 0 bridgehead atoms. The van der Waals surface area contributed by atoms with Gasteiger partial charge in [0, 0.05) is 16.1 Å². The summed E-state index contributed by atoms with van der Waals surface area (Å²) < 4.78 is 7.47. The lowest BCUT2D eigenvalue weighted by Gasteiger charge is -2.23. The van der Waals surface area contributed by atoms with Crippen molar-refractivity contribution in [1.29, 1.82) is 0 Å². The monoisotopic (exact) mass is 466 g/mol. The Labute approximate surface area is 192 Å². The van der Waals surface area contributed by atoms with Gasteiger partial charge in [-0.2, -0.15) is 5.10 Å². The van der Waals surface area contributed by atoms with E-state index in [2.05, 4.69) is 15.7 Å². The molecule has 2 amide bonds. The summed E-state index contributed by atoms with van der Waals surface area (Å²) in [6, 6.07) is 14.7. The molecule has 1 aliphatic heterocycles. The molecular formula is C23H19ClN4O3S. The highest BCUT2D eigenvalue weighted by Gasteiger charge is 2.24. The van der Waals surface area contributed by atoms with Crippen LogP contribution in [0.2, 0.25) is 5.02 Å². The maximum atomic E-state index is 12.9. The second kappa shape index (κ2) is 7.96. The van der Waals surface area contributed by atoms with Gasteiger partial charge in [-0.1, -0.05) is 23.7 Å². The molecule has 0 aliphatic carbocycles. The topological polar surface area (TPSA) is 85.3 Å². The molecule has 0 saturated carbocycles. The molecule has 0 fully saturated rings. The van der Waals surface area contributed by atoms with E-state index in [0.29, 0.717) is 33.6 Å². The van der Waals surface area contributed by atoms with Gasteiger partial charge in [-0.25, -0.2) is 0 Å². The summed E-state index contributed by atoms with van der Waals surface area (Å²) in [6.07, 6.45) is -0.544. The van der Waals surface area contributed by atoms with Crippen LogP contribution in [0.25, 0.3) is 10.2 Å². The largest absolute Gasteiger partial charge is 0.479 e. The molecule has 1 aliphatic rings. The Bertz CT molecular complexity index is 1360. The van der Waals surface area contributed by atoms with Crippen LogP contribution in [0.15, 0.2) is 48.5 Å². The Kier molecular flexibility index (Phi) is 5.11. The number of hydrogen-bond acceptors (Lipinski definition) is 5. The molecule has 32 heavy (non-hydrogen) atoms. The third-order valence-electron chi connectivity index (χ3n) is 5.25. The maximum absolute atomic E-state index is 12.9. The zero-order valence-corrected chi connectivity index (χ0v) is 18.9. The fourth-order valence-electron chi connectivity index (χ4n) is 3.57. The van der Waals surface area contributed by atoms with Gasteiger partial charge in [0.15, 0.2) is 6.10 Å². The van der Waals surface area contributed by atoms with Crippen molar-refractivity contribution in [2.75, 3.05) is 10.6 Å². The number of ether oxygens (including phenoxy) is 1. The minimum atomic E-state index is -0.544. The highest BCUT2D eigenvalue weighted by molar-refractivity contribution is 7.20. The first-order chi connectivity index (χ1) is 15.4. The number of amides is 2. The molecule has 2 aromatic carbocycles. The van der Waals surface area contributed by atoms with E-state index in [1.54, 1.807) is 25.1 Å². The number of aromatic nitrogens is 2. The highest BCUT2D eigenvalue weighted by Crippen LogP contribution is 2.33. The van der Waals surface area contributed by atoms with Crippen molar-refractivity contribution in [3.05, 3.63) is 69.7 Å². The number of aryl methyl sites for hydroxylation is 1. The van der Waals surface area contributed by atoms with Gasteiger partial charge in [0.05, 0.1) is 22.8 Å². The minimum absolute atomic E-state index is 0.216. The molecule has 1 atom stereocenters. The molecular weight excluding hydrogens is 448 g/mol. The Morgan fingerprint density at radius 2 is 2.03 bits per heavy atom. The standard InChI is InChI=1S/C23H19ClN4O3S/c1-12-17-10-20(32-23(17)28(27-12)11-14-3-5-15(24)6-4-14)22(30)25-16-7-8-19-18(9-16)26-21(29)13(2)31-19/h3-10,13H,11H2,1-2H3,(H,25,30)(H,26,29)/t13-/m0/s1. The van der Waals surface area contributed by atoms with Crippen molar-refractivity contribution in [2.24, 2.45) is 0 Å². The number of thiophene rings is 1. The molecule has 0 radical (unpaired) electrons. The van der Waals surface area contributed by atoms with Crippen molar-refractivity contribution >= 4 is 56.3 Å². The van der Waals surface area contributed by atoms with E-state index < -0.39 is 6.10 Å². The summed E-state index contributed by atoms with van der Waals surface area (Å²) in [7, 11) is 0. The third-order valence-corrected chi connectivity index (χ3v) is 6.64. The van der Waals surface area contributed by atoms with E-state index in [0.717, 1.165) is 21.5 Å². The van der Waals surface area contributed by atoms with Crippen molar-refractivity contribution in [1.82, 2.24) is 9.78 Å². The van der Waals surface area contributed by atoms with Crippen LogP contribution in [0.5, 0.6) is 5.75 Å². The average molecular weight is 467 g/mol. The number of hydrogen-bond donors (Lipinski definition) is 2. The summed E-state index contributed by atoms with van der Waals surface area (Å²) >= 11 is 7.37. The fourth-order valence-corrected chi connectivity index (χ4v) is 4.76. The molecule has 0 unspecified atom stereocenters. The van der Waals surface area contributed by atoms with Gasteiger partial charge in [0.2, 0.25) is 0 Å². The van der Waals surface area contributed by atoms with Gasteiger partial charge in [-0.05, 0) is 55.8 Å². The van der Waals surface area contributed by atoms with Gasteiger partial charge in [-0.15, -0.1) is 11.3 Å². The maximum Gasteiger partial charge on any atom is 0.265 e. The van der Waals surface area contributed by atoms with Crippen molar-refractivity contribution in [2.45, 2.75) is 26.5 Å². The molecule has 162 valence electrons. The van der Waals surface area contributed by atoms with Crippen LogP contribution in [-0.2, 0) is 11.3 Å². The number of fused-ring (bicyclic) bond motifs is 2. The van der Waals surface area contributed by atoms with Gasteiger partial charge < -0.3 is 15.4 Å². The number of nitrogens with one attached hydrogen (secondary N) is 2. The van der Waals surface area contributed by atoms with E-state index >= 15 is 0 Å². The Morgan fingerprint density at radius 1 is 1.25 bits per heavy atom. The Balaban J connectivity index is 1.38. The number of benzene rings is 2. The quantitative estimate of drug-likeness (QED) is 0.439. The number of carbonyl (C=O) groups excluding carboxylic acids is 2. The second-order valence-corrected chi connectivity index (χ2v) is 9.08. The Hall–Kier alpha value is -3.36. The van der Waals surface area contributed by atoms with Crippen molar-refractivity contribution in [3.8, 4) is 5.75 Å². The zero-order valence-electron chi connectivity index (χ0n) is 17.3. The van der Waals surface area contributed by atoms with Gasteiger partial charge in [0.25, 0.3) is 11.8 Å². The van der Waals surface area contributed by atoms with E-state index in [1.165, 1.54) is 11.3 Å². The molecule has 2 aromatic heterocycles. The van der Waals surface area contributed by atoms with Crippen LogP contribution in [0.3, 0.4) is 0 Å². The molecule has 5 rings (SSSR count). The van der Waals surface area contributed by atoms with Crippen LogP contribution in [0.4, 0.5) is 11.4 Å². The minimum Gasteiger partial charge on any atom is -0.479 e. The molecule has 0 spiro atoms. The summed E-state index contributed by atoms with van der Waals surface area (Å²) in [6.45, 7) is 4.21. The molecule has 2 N–H and O–H groups in total. The third kappa shape index (κ3) is 3.83. The molecule has 4 aromatic rings. The lowest BCUT2D eigenvalue weighted by molar-refractivity contribution is -0.122. The van der Waals surface area contributed by atoms with Crippen molar-refractivity contribution in [3.63, 3.8) is 0 Å². The normalized spacial score (nSPS) is 15.2. The van der Waals surface area contributed by atoms with Gasteiger partial charge in [0.1, 0.15) is 10.6 Å². The number of nitrogens with zero attached hydrogens (tertiary/aromatic N) is 2. The van der Waals surface area contributed by atoms with Crippen LogP contribution in [-0.4, -0.2) is 27.7 Å². The van der Waals surface area contributed by atoms with Gasteiger partial charge >= 0.3 is 0 Å². The summed E-state index contributed by atoms with van der Waals surface area (Å²) in [5, 5.41) is 12.0. The summed E-state index contributed by atoms with van der Waals surface area (Å²) in [5.74, 6) is 0.140. The number of anilines is 2. The van der Waals surface area contributed by atoms with Gasteiger partial charge in [-0.3, -0.25) is 14.3 Å². The lowest BCUT2D eigenvalue weighted by atomic mass is 10.2. The van der Waals surface area contributed by atoms with Crippen molar-refractivity contribution < 1.29 is 14.3 Å². The molecule has 3 heterocycles. The molecule has 0 saturated heterocycles. The van der Waals surface area contributed by atoms with Crippen LogP contribution < -0.4 is 15.4 Å². The molecule has 7 nitrogen and oxygen atoms in total. The first kappa shape index (κ1) is 20.5. The van der Waals surface area contributed by atoms with Crippen LogP contribution in [0, 0.1) is 6.92 Å². The smallest absolute Gasteiger partial charge is 0.265 e. The highest BCUT2D eigenvalue weighted by atomic mass is 35.5. The summed E-state index contributed by atoms with van der Waals surface area (Å²) in [5.41, 5.74) is 3.05. The fraction of sp³-hybridized carbons (Fsp3) is 0.174. The first-order valence-electron chi connectivity index (χ1n) is 10.0.